The fourth-order valence-electron chi connectivity index (χ4n) is 3.89. The van der Waals surface area contributed by atoms with Crippen LogP contribution in [0.15, 0.2) is 28.7 Å². The topological polar surface area (TPSA) is 81.0 Å². The maximum absolute atomic E-state index is 12.8. The molecule has 1 aromatic carbocycles. The molecule has 7 heteroatoms. The number of likely N-dealkylation sites (tertiary alicyclic amines) is 1. The molecule has 148 valence electrons. The second-order valence-corrected chi connectivity index (χ2v) is 7.16. The van der Waals surface area contributed by atoms with E-state index < -0.39 is 0 Å². The number of nitrogens with one attached hydrogen (secondary N) is 1. The van der Waals surface area contributed by atoms with Crippen molar-refractivity contribution in [3.63, 3.8) is 0 Å². The molecule has 2 aliphatic rings. The molecule has 0 saturated carbocycles. The lowest BCUT2D eigenvalue weighted by atomic mass is 10.0. The SMILES string of the molecule is Cc1cc(C(=O)NCC(=O)N2CCCC2c2ccc3c(c2)OCCO3)c(C)o1. The molecule has 1 unspecified atom stereocenters. The van der Waals surface area contributed by atoms with E-state index in [0.29, 0.717) is 36.8 Å². The summed E-state index contributed by atoms with van der Waals surface area (Å²) in [6.45, 7) is 5.25. The number of aryl methyl sites for hydroxylation is 2. The van der Waals surface area contributed by atoms with E-state index in [2.05, 4.69) is 5.32 Å². The predicted molar refractivity (Wildman–Crippen MR) is 102 cm³/mol. The van der Waals surface area contributed by atoms with Gasteiger partial charge in [-0.05, 0) is 50.5 Å². The zero-order chi connectivity index (χ0) is 19.7. The first-order valence-corrected chi connectivity index (χ1v) is 9.57. The summed E-state index contributed by atoms with van der Waals surface area (Å²) in [6, 6.07) is 7.51. The lowest BCUT2D eigenvalue weighted by Gasteiger charge is -2.27. The molecule has 0 spiro atoms. The monoisotopic (exact) mass is 384 g/mol. The zero-order valence-corrected chi connectivity index (χ0v) is 16.1. The quantitative estimate of drug-likeness (QED) is 0.877. The van der Waals surface area contributed by atoms with Gasteiger partial charge in [-0.25, -0.2) is 0 Å². The van der Waals surface area contributed by atoms with Crippen molar-refractivity contribution in [1.82, 2.24) is 10.2 Å². The molecular formula is C21H24N2O5. The Kier molecular flexibility index (Phi) is 4.98. The number of benzene rings is 1. The molecule has 0 radical (unpaired) electrons. The van der Waals surface area contributed by atoms with Gasteiger partial charge >= 0.3 is 0 Å². The Morgan fingerprint density at radius 3 is 2.68 bits per heavy atom. The second-order valence-electron chi connectivity index (χ2n) is 7.16. The average Bonchev–Trinajstić information content (AvgIpc) is 3.31. The molecule has 2 aliphatic heterocycles. The van der Waals surface area contributed by atoms with E-state index >= 15 is 0 Å². The van der Waals surface area contributed by atoms with E-state index in [9.17, 15) is 9.59 Å². The minimum Gasteiger partial charge on any atom is -0.486 e. The number of carbonyl (C=O) groups excluding carboxylic acids is 2. The minimum atomic E-state index is -0.294. The van der Waals surface area contributed by atoms with Crippen molar-refractivity contribution in [2.75, 3.05) is 26.3 Å². The molecule has 28 heavy (non-hydrogen) atoms. The Morgan fingerprint density at radius 1 is 1.14 bits per heavy atom. The number of hydrogen-bond acceptors (Lipinski definition) is 5. The number of rotatable bonds is 4. The van der Waals surface area contributed by atoms with Crippen molar-refractivity contribution in [3.05, 3.63) is 46.9 Å². The highest BCUT2D eigenvalue weighted by molar-refractivity contribution is 5.97. The molecule has 1 aromatic heterocycles. The van der Waals surface area contributed by atoms with Crippen LogP contribution in [0, 0.1) is 13.8 Å². The highest BCUT2D eigenvalue weighted by Gasteiger charge is 2.31. The van der Waals surface area contributed by atoms with Crippen LogP contribution in [0.4, 0.5) is 0 Å². The first-order chi connectivity index (χ1) is 13.5. The summed E-state index contributed by atoms with van der Waals surface area (Å²) < 4.78 is 16.6. The molecule has 1 atom stereocenters. The molecule has 0 bridgehead atoms. The Labute approximate surface area is 163 Å². The first-order valence-electron chi connectivity index (χ1n) is 9.57. The van der Waals surface area contributed by atoms with Crippen LogP contribution in [-0.4, -0.2) is 43.0 Å². The Hall–Kier alpha value is -2.96. The Balaban J connectivity index is 1.42. The molecule has 2 amide bonds. The smallest absolute Gasteiger partial charge is 0.255 e. The Bertz CT molecular complexity index is 904. The molecular weight excluding hydrogens is 360 g/mol. The Morgan fingerprint density at radius 2 is 1.93 bits per heavy atom. The largest absolute Gasteiger partial charge is 0.486 e. The van der Waals surface area contributed by atoms with Crippen LogP contribution >= 0.6 is 0 Å². The van der Waals surface area contributed by atoms with Gasteiger partial charge in [0.2, 0.25) is 5.91 Å². The summed E-state index contributed by atoms with van der Waals surface area (Å²) in [5, 5.41) is 2.72. The number of hydrogen-bond donors (Lipinski definition) is 1. The molecule has 7 nitrogen and oxygen atoms in total. The first kappa shape index (κ1) is 18.4. The number of ether oxygens (including phenoxy) is 2. The van der Waals surface area contributed by atoms with Crippen LogP contribution < -0.4 is 14.8 Å². The van der Waals surface area contributed by atoms with E-state index in [4.69, 9.17) is 13.9 Å². The number of fused-ring (bicyclic) bond motifs is 1. The third-order valence-corrected chi connectivity index (χ3v) is 5.21. The van der Waals surface area contributed by atoms with Gasteiger partial charge in [-0.3, -0.25) is 9.59 Å². The average molecular weight is 384 g/mol. The molecule has 4 rings (SSSR count). The third-order valence-electron chi connectivity index (χ3n) is 5.21. The van der Waals surface area contributed by atoms with Crippen LogP contribution in [0.2, 0.25) is 0 Å². The minimum absolute atomic E-state index is 0.0156. The summed E-state index contributed by atoms with van der Waals surface area (Å²) >= 11 is 0. The van der Waals surface area contributed by atoms with Crippen molar-refractivity contribution in [1.29, 1.82) is 0 Å². The normalized spacial score (nSPS) is 18.2. The van der Waals surface area contributed by atoms with Gasteiger partial charge in [0.15, 0.2) is 11.5 Å². The van der Waals surface area contributed by atoms with Gasteiger partial charge < -0.3 is 24.1 Å². The van der Waals surface area contributed by atoms with E-state index in [0.717, 1.165) is 29.9 Å². The summed E-state index contributed by atoms with van der Waals surface area (Å²) in [5.74, 6) is 2.30. The van der Waals surface area contributed by atoms with Crippen molar-refractivity contribution in [2.24, 2.45) is 0 Å². The van der Waals surface area contributed by atoms with Crippen molar-refractivity contribution >= 4 is 11.8 Å². The maximum atomic E-state index is 12.8. The lowest BCUT2D eigenvalue weighted by molar-refractivity contribution is -0.131. The standard InChI is InChI=1S/C21H24N2O5/c1-13-10-16(14(2)28-13)21(25)22-12-20(24)23-7-3-4-17(23)15-5-6-18-19(11-15)27-9-8-26-18/h5-6,10-11,17H,3-4,7-9,12H2,1-2H3,(H,22,25). The fraction of sp³-hybridized carbons (Fsp3) is 0.429. The van der Waals surface area contributed by atoms with Crippen LogP contribution in [-0.2, 0) is 4.79 Å². The summed E-state index contributed by atoms with van der Waals surface area (Å²) in [5.41, 5.74) is 1.50. The highest BCUT2D eigenvalue weighted by Crippen LogP contribution is 2.38. The van der Waals surface area contributed by atoms with Gasteiger partial charge in [0.05, 0.1) is 18.2 Å². The fourth-order valence-corrected chi connectivity index (χ4v) is 3.89. The van der Waals surface area contributed by atoms with E-state index in [1.807, 2.05) is 23.1 Å². The van der Waals surface area contributed by atoms with Crippen molar-refractivity contribution < 1.29 is 23.5 Å². The van der Waals surface area contributed by atoms with Gasteiger partial charge in [-0.1, -0.05) is 6.07 Å². The molecule has 0 aliphatic carbocycles. The molecule has 1 fully saturated rings. The second kappa shape index (κ2) is 7.58. The maximum Gasteiger partial charge on any atom is 0.255 e. The van der Waals surface area contributed by atoms with Crippen LogP contribution in [0.3, 0.4) is 0 Å². The van der Waals surface area contributed by atoms with Crippen LogP contribution in [0.1, 0.15) is 46.3 Å². The van der Waals surface area contributed by atoms with Gasteiger partial charge in [0.1, 0.15) is 24.7 Å². The number of amides is 2. The van der Waals surface area contributed by atoms with Crippen LogP contribution in [0.25, 0.3) is 0 Å². The van der Waals surface area contributed by atoms with E-state index in [1.54, 1.807) is 19.9 Å². The summed E-state index contributed by atoms with van der Waals surface area (Å²) in [6.07, 6.45) is 1.82. The number of nitrogens with zero attached hydrogens (tertiary/aromatic N) is 1. The predicted octanol–water partition coefficient (Wildman–Crippen LogP) is 2.76. The van der Waals surface area contributed by atoms with E-state index in [-0.39, 0.29) is 24.4 Å². The lowest BCUT2D eigenvalue weighted by Crippen LogP contribution is -2.39. The van der Waals surface area contributed by atoms with Crippen molar-refractivity contribution in [2.45, 2.75) is 32.7 Å². The molecule has 1 saturated heterocycles. The van der Waals surface area contributed by atoms with Crippen LogP contribution in [0.5, 0.6) is 11.5 Å². The highest BCUT2D eigenvalue weighted by atomic mass is 16.6. The number of furan rings is 1. The van der Waals surface area contributed by atoms with E-state index in [1.165, 1.54) is 0 Å². The van der Waals surface area contributed by atoms with Gasteiger partial charge in [-0.2, -0.15) is 0 Å². The molecule has 3 heterocycles. The van der Waals surface area contributed by atoms with Crippen molar-refractivity contribution in [3.8, 4) is 11.5 Å². The summed E-state index contributed by atoms with van der Waals surface area (Å²) in [7, 11) is 0. The zero-order valence-electron chi connectivity index (χ0n) is 16.1. The summed E-state index contributed by atoms with van der Waals surface area (Å²) in [4.78, 5) is 26.9. The molecule has 2 aromatic rings. The van der Waals surface area contributed by atoms with Gasteiger partial charge in [-0.15, -0.1) is 0 Å². The van der Waals surface area contributed by atoms with Gasteiger partial charge in [0.25, 0.3) is 5.91 Å². The molecule has 1 N–H and O–H groups in total. The number of carbonyl (C=O) groups is 2. The van der Waals surface area contributed by atoms with Gasteiger partial charge in [0, 0.05) is 6.54 Å². The third kappa shape index (κ3) is 3.56.